The third kappa shape index (κ3) is 6.37. The third-order valence-corrected chi connectivity index (χ3v) is 5.19. The fraction of sp³-hybridized carbons (Fsp3) is 0.350. The highest BCUT2D eigenvalue weighted by Gasteiger charge is 2.06. The molecule has 0 spiro atoms. The van der Waals surface area contributed by atoms with Gasteiger partial charge in [-0.1, -0.05) is 12.1 Å². The molecule has 0 amide bonds. The molecule has 0 aliphatic carbocycles. The zero-order valence-electron chi connectivity index (χ0n) is 16.5. The van der Waals surface area contributed by atoms with Gasteiger partial charge < -0.3 is 19.8 Å². The Balaban J connectivity index is 1.48. The maximum Gasteiger partial charge on any atom is 0.255 e. The SMILES string of the molecule is COCOc1cccc(Cc2cnc(NCCSCc3nc[nH]c3C)[nH]c2=O)c1. The summed E-state index contributed by atoms with van der Waals surface area (Å²) in [4.78, 5) is 26.9. The van der Waals surface area contributed by atoms with E-state index in [9.17, 15) is 4.79 Å². The topological polar surface area (TPSA) is 105 Å². The third-order valence-electron chi connectivity index (χ3n) is 4.22. The molecule has 0 fully saturated rings. The lowest BCUT2D eigenvalue weighted by molar-refractivity contribution is 0.0511. The van der Waals surface area contributed by atoms with Crippen LogP contribution in [0.1, 0.15) is 22.5 Å². The first-order valence-electron chi connectivity index (χ1n) is 9.25. The number of imidazole rings is 1. The van der Waals surface area contributed by atoms with Crippen molar-refractivity contribution in [2.24, 2.45) is 0 Å². The summed E-state index contributed by atoms with van der Waals surface area (Å²) in [7, 11) is 1.57. The van der Waals surface area contributed by atoms with Crippen molar-refractivity contribution in [3.63, 3.8) is 0 Å². The van der Waals surface area contributed by atoms with Gasteiger partial charge in [0, 0.05) is 49.0 Å². The van der Waals surface area contributed by atoms with Crippen LogP contribution in [0.4, 0.5) is 5.95 Å². The lowest BCUT2D eigenvalue weighted by Gasteiger charge is -2.08. The lowest BCUT2D eigenvalue weighted by Crippen LogP contribution is -2.18. The second-order valence-electron chi connectivity index (χ2n) is 6.41. The highest BCUT2D eigenvalue weighted by atomic mass is 32.2. The summed E-state index contributed by atoms with van der Waals surface area (Å²) in [6, 6.07) is 7.58. The lowest BCUT2D eigenvalue weighted by atomic mass is 10.1. The van der Waals surface area contributed by atoms with Crippen LogP contribution in [-0.4, -0.2) is 46.1 Å². The predicted molar refractivity (Wildman–Crippen MR) is 115 cm³/mol. The molecule has 0 bridgehead atoms. The molecule has 2 aromatic heterocycles. The number of aromatic amines is 2. The minimum atomic E-state index is -0.148. The van der Waals surface area contributed by atoms with E-state index in [4.69, 9.17) is 9.47 Å². The molecule has 3 rings (SSSR count). The molecule has 3 aromatic rings. The average Bonchev–Trinajstić information content (AvgIpc) is 3.13. The second-order valence-corrected chi connectivity index (χ2v) is 7.52. The number of aromatic nitrogens is 4. The molecule has 154 valence electrons. The van der Waals surface area contributed by atoms with Crippen molar-refractivity contribution in [2.75, 3.05) is 31.5 Å². The number of H-pyrrole nitrogens is 2. The maximum absolute atomic E-state index is 12.4. The smallest absolute Gasteiger partial charge is 0.255 e. The standard InChI is InChI=1S/C20H25N5O3S/c1-14-18(24-12-23-14)11-29-7-6-21-20-22-10-16(19(26)25-20)8-15-4-3-5-17(9-15)28-13-27-2/h3-5,9-10,12H,6-8,11,13H2,1-2H3,(H,23,24)(H2,21,22,25,26). The van der Waals surface area contributed by atoms with Gasteiger partial charge in [0.05, 0.1) is 12.0 Å². The Hall–Kier alpha value is -2.78. The van der Waals surface area contributed by atoms with Crippen LogP contribution in [0.15, 0.2) is 41.6 Å². The zero-order chi connectivity index (χ0) is 20.5. The molecule has 0 unspecified atom stereocenters. The minimum absolute atomic E-state index is 0.148. The quantitative estimate of drug-likeness (QED) is 0.327. The van der Waals surface area contributed by atoms with E-state index >= 15 is 0 Å². The molecule has 9 heteroatoms. The number of benzene rings is 1. The van der Waals surface area contributed by atoms with E-state index in [-0.39, 0.29) is 12.4 Å². The van der Waals surface area contributed by atoms with Crippen molar-refractivity contribution in [1.29, 1.82) is 0 Å². The van der Waals surface area contributed by atoms with Crippen LogP contribution in [0.3, 0.4) is 0 Å². The van der Waals surface area contributed by atoms with Gasteiger partial charge in [-0.15, -0.1) is 0 Å². The molecular weight excluding hydrogens is 390 g/mol. The van der Waals surface area contributed by atoms with Gasteiger partial charge in [-0.2, -0.15) is 11.8 Å². The monoisotopic (exact) mass is 415 g/mol. The molecule has 0 aliphatic heterocycles. The number of thioether (sulfide) groups is 1. The molecular formula is C20H25N5O3S. The van der Waals surface area contributed by atoms with Crippen molar-refractivity contribution in [2.45, 2.75) is 19.1 Å². The molecule has 0 aliphatic rings. The fourth-order valence-corrected chi connectivity index (χ4v) is 3.55. The highest BCUT2D eigenvalue weighted by Crippen LogP contribution is 2.16. The fourth-order valence-electron chi connectivity index (χ4n) is 2.67. The number of anilines is 1. The highest BCUT2D eigenvalue weighted by molar-refractivity contribution is 7.98. The molecule has 0 saturated carbocycles. The largest absolute Gasteiger partial charge is 0.468 e. The van der Waals surface area contributed by atoms with Gasteiger partial charge in [0.2, 0.25) is 5.95 Å². The Bertz CT molecular complexity index is 973. The Morgan fingerprint density at radius 2 is 2.17 bits per heavy atom. The van der Waals surface area contributed by atoms with Crippen LogP contribution >= 0.6 is 11.8 Å². The van der Waals surface area contributed by atoms with Crippen molar-refractivity contribution < 1.29 is 9.47 Å². The van der Waals surface area contributed by atoms with E-state index in [1.54, 1.807) is 31.4 Å². The summed E-state index contributed by atoms with van der Waals surface area (Å²) in [5.74, 6) is 2.92. The van der Waals surface area contributed by atoms with E-state index in [0.29, 0.717) is 30.2 Å². The number of hydrogen-bond donors (Lipinski definition) is 3. The first-order chi connectivity index (χ1) is 14.2. The van der Waals surface area contributed by atoms with Gasteiger partial charge in [-0.05, 0) is 24.6 Å². The van der Waals surface area contributed by atoms with Gasteiger partial charge in [0.15, 0.2) is 6.79 Å². The molecule has 3 N–H and O–H groups in total. The summed E-state index contributed by atoms with van der Waals surface area (Å²) in [6.07, 6.45) is 3.80. The first-order valence-corrected chi connectivity index (χ1v) is 10.4. The molecule has 0 atom stereocenters. The molecule has 0 radical (unpaired) electrons. The summed E-state index contributed by atoms with van der Waals surface area (Å²) < 4.78 is 10.3. The van der Waals surface area contributed by atoms with Crippen LogP contribution < -0.4 is 15.6 Å². The number of hydrogen-bond acceptors (Lipinski definition) is 7. The summed E-state index contributed by atoms with van der Waals surface area (Å²) in [6.45, 7) is 2.90. The number of aryl methyl sites for hydroxylation is 1. The van der Waals surface area contributed by atoms with E-state index in [0.717, 1.165) is 28.5 Å². The molecule has 0 saturated heterocycles. The molecule has 8 nitrogen and oxygen atoms in total. The number of methoxy groups -OCH3 is 1. The van der Waals surface area contributed by atoms with Crippen molar-refractivity contribution >= 4 is 17.7 Å². The Labute approximate surface area is 173 Å². The van der Waals surface area contributed by atoms with Gasteiger partial charge in [0.1, 0.15) is 5.75 Å². The second kappa shape index (κ2) is 10.7. The minimum Gasteiger partial charge on any atom is -0.468 e. The van der Waals surface area contributed by atoms with E-state index in [2.05, 4.69) is 25.3 Å². The Morgan fingerprint density at radius 3 is 2.93 bits per heavy atom. The number of nitrogens with one attached hydrogen (secondary N) is 3. The molecule has 29 heavy (non-hydrogen) atoms. The maximum atomic E-state index is 12.4. The number of ether oxygens (including phenoxy) is 2. The van der Waals surface area contributed by atoms with Gasteiger partial charge >= 0.3 is 0 Å². The van der Waals surface area contributed by atoms with Crippen molar-refractivity contribution in [1.82, 2.24) is 19.9 Å². The normalized spacial score (nSPS) is 10.8. The van der Waals surface area contributed by atoms with Crippen molar-refractivity contribution in [3.05, 3.63) is 69.7 Å². The summed E-state index contributed by atoms with van der Waals surface area (Å²) in [5, 5.41) is 3.15. The van der Waals surface area contributed by atoms with Crippen LogP contribution in [-0.2, 0) is 16.9 Å². The zero-order valence-corrected chi connectivity index (χ0v) is 17.3. The van der Waals surface area contributed by atoms with Gasteiger partial charge in [0.25, 0.3) is 5.56 Å². The van der Waals surface area contributed by atoms with Gasteiger partial charge in [-0.3, -0.25) is 9.78 Å². The molecule has 1 aromatic carbocycles. The van der Waals surface area contributed by atoms with E-state index in [1.165, 1.54) is 0 Å². The number of nitrogens with zero attached hydrogens (tertiary/aromatic N) is 2. The predicted octanol–water partition coefficient (Wildman–Crippen LogP) is 2.72. The Kier molecular flexibility index (Phi) is 7.71. The van der Waals surface area contributed by atoms with Crippen LogP contribution in [0.25, 0.3) is 0 Å². The van der Waals surface area contributed by atoms with Crippen molar-refractivity contribution in [3.8, 4) is 5.75 Å². The van der Waals surface area contributed by atoms with Gasteiger partial charge in [-0.25, -0.2) is 9.97 Å². The Morgan fingerprint density at radius 1 is 1.28 bits per heavy atom. The summed E-state index contributed by atoms with van der Waals surface area (Å²) >= 11 is 1.77. The number of rotatable bonds is 11. The molecule has 2 heterocycles. The van der Waals surface area contributed by atoms with E-state index in [1.807, 2.05) is 31.2 Å². The van der Waals surface area contributed by atoms with E-state index < -0.39 is 0 Å². The average molecular weight is 416 g/mol. The van der Waals surface area contributed by atoms with Crippen LogP contribution in [0.2, 0.25) is 0 Å². The summed E-state index contributed by atoms with van der Waals surface area (Å²) in [5.41, 5.74) is 3.59. The van der Waals surface area contributed by atoms with Crippen LogP contribution in [0.5, 0.6) is 5.75 Å². The first kappa shape index (κ1) is 20.9. The van der Waals surface area contributed by atoms with Crippen LogP contribution in [0, 0.1) is 6.92 Å².